The molecular weight excluding hydrogens is 234 g/mol. The van der Waals surface area contributed by atoms with Gasteiger partial charge in [0.05, 0.1) is 0 Å². The lowest BCUT2D eigenvalue weighted by molar-refractivity contribution is 0.784. The minimum atomic E-state index is 0.531. The molecule has 0 fully saturated rings. The molecule has 17 heavy (non-hydrogen) atoms. The van der Waals surface area contributed by atoms with E-state index in [2.05, 4.69) is 21.2 Å². The predicted octanol–water partition coefficient (Wildman–Crippen LogP) is 3.22. The van der Waals surface area contributed by atoms with Crippen LogP contribution in [0.3, 0.4) is 0 Å². The highest BCUT2D eigenvalue weighted by Gasteiger charge is 2.07. The third-order valence-electron chi connectivity index (χ3n) is 2.49. The lowest BCUT2D eigenvalue weighted by atomic mass is 10.2. The van der Waals surface area contributed by atoms with Gasteiger partial charge < -0.3 is 5.32 Å². The van der Waals surface area contributed by atoms with Gasteiger partial charge in [-0.05, 0) is 19.8 Å². The quantitative estimate of drug-likeness (QED) is 0.479. The molecule has 0 saturated heterocycles. The highest BCUT2D eigenvalue weighted by molar-refractivity contribution is 6.30. The lowest BCUT2D eigenvalue weighted by Gasteiger charge is -2.10. The fraction of sp³-hybridized carbons (Fsp3) is 0.538. The number of aryl methyl sites for hydroxylation is 1. The van der Waals surface area contributed by atoms with Crippen LogP contribution in [0.4, 0.5) is 5.82 Å². The summed E-state index contributed by atoms with van der Waals surface area (Å²) in [4.78, 5) is 8.62. The van der Waals surface area contributed by atoms with Crippen LogP contribution in [0.25, 0.3) is 0 Å². The Bertz CT molecular complexity index is 410. The maximum absolute atomic E-state index is 6.04. The van der Waals surface area contributed by atoms with Gasteiger partial charge in [0.15, 0.2) is 0 Å². The van der Waals surface area contributed by atoms with Crippen LogP contribution in [-0.4, -0.2) is 16.5 Å². The maximum Gasteiger partial charge on any atom is 0.137 e. The highest BCUT2D eigenvalue weighted by atomic mass is 35.5. The van der Waals surface area contributed by atoms with Gasteiger partial charge in [-0.25, -0.2) is 9.97 Å². The molecule has 0 aliphatic rings. The summed E-state index contributed by atoms with van der Waals surface area (Å²) in [5.41, 5.74) is 0.904. The van der Waals surface area contributed by atoms with E-state index >= 15 is 0 Å². The third-order valence-corrected chi connectivity index (χ3v) is 2.86. The first kappa shape index (κ1) is 13.8. The molecule has 0 radical (unpaired) electrons. The van der Waals surface area contributed by atoms with Crippen molar-refractivity contribution in [1.29, 1.82) is 0 Å². The lowest BCUT2D eigenvalue weighted by Crippen LogP contribution is -2.08. The van der Waals surface area contributed by atoms with Crippen LogP contribution < -0.4 is 5.32 Å². The van der Waals surface area contributed by atoms with Gasteiger partial charge in [-0.2, -0.15) is 0 Å². The van der Waals surface area contributed by atoms with E-state index in [1.165, 1.54) is 0 Å². The van der Waals surface area contributed by atoms with E-state index in [1.54, 1.807) is 0 Å². The van der Waals surface area contributed by atoms with Crippen molar-refractivity contribution in [2.24, 2.45) is 0 Å². The van der Waals surface area contributed by atoms with Crippen LogP contribution in [-0.2, 0) is 6.42 Å². The summed E-state index contributed by atoms with van der Waals surface area (Å²) in [6, 6.07) is 0. The van der Waals surface area contributed by atoms with Crippen LogP contribution in [0.5, 0.6) is 0 Å². The minimum absolute atomic E-state index is 0.531. The fourth-order valence-electron chi connectivity index (χ4n) is 1.42. The Morgan fingerprint density at radius 3 is 2.76 bits per heavy atom. The maximum atomic E-state index is 6.04. The summed E-state index contributed by atoms with van der Waals surface area (Å²) >= 11 is 6.04. The monoisotopic (exact) mass is 251 g/mol. The van der Waals surface area contributed by atoms with E-state index in [9.17, 15) is 0 Å². The standard InChI is InChI=1S/C13H18ClN3/c1-4-6-7-8-9-15-13-10(3)12(14)16-11(5-2)17-13/h1H,5-9H2,2-3H3,(H,15,16,17). The number of nitrogens with zero attached hydrogens (tertiary/aromatic N) is 2. The molecule has 0 saturated carbocycles. The summed E-state index contributed by atoms with van der Waals surface area (Å²) in [5, 5.41) is 3.81. The summed E-state index contributed by atoms with van der Waals surface area (Å²) < 4.78 is 0. The second kappa shape index (κ2) is 7.13. The predicted molar refractivity (Wildman–Crippen MR) is 72.3 cm³/mol. The first-order valence-electron chi connectivity index (χ1n) is 5.89. The zero-order chi connectivity index (χ0) is 12.7. The largest absolute Gasteiger partial charge is 0.370 e. The third kappa shape index (κ3) is 4.24. The molecule has 1 rings (SSSR count). The molecule has 1 aromatic rings. The average Bonchev–Trinajstić information content (AvgIpc) is 2.33. The molecule has 0 aliphatic carbocycles. The van der Waals surface area contributed by atoms with E-state index in [-0.39, 0.29) is 0 Å². The average molecular weight is 252 g/mol. The van der Waals surface area contributed by atoms with Gasteiger partial charge in [-0.1, -0.05) is 18.5 Å². The number of hydrogen-bond acceptors (Lipinski definition) is 3. The van der Waals surface area contributed by atoms with Crippen LogP contribution in [0.2, 0.25) is 5.15 Å². The number of nitrogens with one attached hydrogen (secondary N) is 1. The molecular formula is C13H18ClN3. The number of rotatable bonds is 6. The normalized spacial score (nSPS) is 10.0. The molecule has 1 heterocycles. The molecule has 0 bridgehead atoms. The first-order chi connectivity index (χ1) is 8.19. The number of hydrogen-bond donors (Lipinski definition) is 1. The first-order valence-corrected chi connectivity index (χ1v) is 6.27. The molecule has 0 aromatic carbocycles. The molecule has 1 N–H and O–H groups in total. The van der Waals surface area contributed by atoms with E-state index in [4.69, 9.17) is 18.0 Å². The molecule has 0 amide bonds. The van der Waals surface area contributed by atoms with Crippen LogP contribution in [0, 0.1) is 19.3 Å². The topological polar surface area (TPSA) is 37.8 Å². The molecule has 0 atom stereocenters. The second-order valence-electron chi connectivity index (χ2n) is 3.85. The Balaban J connectivity index is 2.58. The number of terminal acetylenes is 1. The smallest absolute Gasteiger partial charge is 0.137 e. The Hall–Kier alpha value is -1.27. The number of aromatic nitrogens is 2. The zero-order valence-electron chi connectivity index (χ0n) is 10.4. The molecule has 0 aliphatic heterocycles. The number of unbranched alkanes of at least 4 members (excludes halogenated alkanes) is 2. The second-order valence-corrected chi connectivity index (χ2v) is 4.20. The molecule has 0 unspecified atom stereocenters. The van der Waals surface area contributed by atoms with Crippen molar-refractivity contribution in [1.82, 2.24) is 9.97 Å². The molecule has 0 spiro atoms. The molecule has 92 valence electrons. The van der Waals surface area contributed by atoms with Crippen molar-refractivity contribution in [3.63, 3.8) is 0 Å². The summed E-state index contributed by atoms with van der Waals surface area (Å²) in [5.74, 6) is 4.24. The zero-order valence-corrected chi connectivity index (χ0v) is 11.1. The molecule has 4 heteroatoms. The van der Waals surface area contributed by atoms with Crippen LogP contribution >= 0.6 is 11.6 Å². The van der Waals surface area contributed by atoms with Crippen molar-refractivity contribution in [2.45, 2.75) is 39.5 Å². The van der Waals surface area contributed by atoms with Gasteiger partial charge in [-0.3, -0.25) is 0 Å². The Morgan fingerprint density at radius 2 is 2.12 bits per heavy atom. The van der Waals surface area contributed by atoms with Crippen molar-refractivity contribution in [2.75, 3.05) is 11.9 Å². The highest BCUT2D eigenvalue weighted by Crippen LogP contribution is 2.19. The van der Waals surface area contributed by atoms with E-state index < -0.39 is 0 Å². The van der Waals surface area contributed by atoms with E-state index in [0.717, 1.165) is 49.4 Å². The summed E-state index contributed by atoms with van der Waals surface area (Å²) in [6.07, 6.45) is 8.87. The van der Waals surface area contributed by atoms with Crippen molar-refractivity contribution in [3.8, 4) is 12.3 Å². The van der Waals surface area contributed by atoms with Gasteiger partial charge in [0.2, 0.25) is 0 Å². The molecule has 1 aromatic heterocycles. The Morgan fingerprint density at radius 1 is 1.35 bits per heavy atom. The SMILES string of the molecule is C#CCCCCNc1nc(CC)nc(Cl)c1C. The van der Waals surface area contributed by atoms with Gasteiger partial charge in [-0.15, -0.1) is 12.3 Å². The Kier molecular flexibility index (Phi) is 5.79. The number of anilines is 1. The van der Waals surface area contributed by atoms with Gasteiger partial charge in [0, 0.05) is 24.9 Å². The summed E-state index contributed by atoms with van der Waals surface area (Å²) in [6.45, 7) is 4.79. The fourth-order valence-corrected chi connectivity index (χ4v) is 1.61. The van der Waals surface area contributed by atoms with Crippen LogP contribution in [0.15, 0.2) is 0 Å². The van der Waals surface area contributed by atoms with Crippen LogP contribution in [0.1, 0.15) is 37.6 Å². The van der Waals surface area contributed by atoms with Gasteiger partial charge in [0.1, 0.15) is 16.8 Å². The van der Waals surface area contributed by atoms with Crippen molar-refractivity contribution < 1.29 is 0 Å². The van der Waals surface area contributed by atoms with Gasteiger partial charge >= 0.3 is 0 Å². The van der Waals surface area contributed by atoms with Crippen molar-refractivity contribution >= 4 is 17.4 Å². The van der Waals surface area contributed by atoms with Gasteiger partial charge in [0.25, 0.3) is 0 Å². The minimum Gasteiger partial charge on any atom is -0.370 e. The van der Waals surface area contributed by atoms with E-state index in [0.29, 0.717) is 5.15 Å². The van der Waals surface area contributed by atoms with Crippen molar-refractivity contribution in [3.05, 3.63) is 16.5 Å². The Labute approximate surface area is 108 Å². The summed E-state index contributed by atoms with van der Waals surface area (Å²) in [7, 11) is 0. The number of halogens is 1. The van der Waals surface area contributed by atoms with E-state index in [1.807, 2.05) is 13.8 Å². The molecule has 3 nitrogen and oxygen atoms in total.